The van der Waals surface area contributed by atoms with Gasteiger partial charge in [0.25, 0.3) is 0 Å². The molecule has 0 fully saturated rings. The standard InChI is InChI=1S/C21H16BrNO3/c1-14-2-11-20(24)19(12-14)23-13-15-3-9-18(10-4-15)26-21(25)16-5-7-17(22)8-6-16/h2-13,24H,1H3. The van der Waals surface area contributed by atoms with Gasteiger partial charge in [0.2, 0.25) is 0 Å². The Balaban J connectivity index is 1.68. The molecule has 3 aromatic carbocycles. The van der Waals surface area contributed by atoms with Crippen molar-refractivity contribution in [3.8, 4) is 11.5 Å². The zero-order valence-corrected chi connectivity index (χ0v) is 15.6. The second kappa shape index (κ2) is 7.97. The molecule has 0 bridgehead atoms. The van der Waals surface area contributed by atoms with Crippen LogP contribution in [0.5, 0.6) is 11.5 Å². The highest BCUT2D eigenvalue weighted by Gasteiger charge is 2.08. The highest BCUT2D eigenvalue weighted by atomic mass is 79.9. The van der Waals surface area contributed by atoms with Crippen molar-refractivity contribution in [2.75, 3.05) is 0 Å². The maximum Gasteiger partial charge on any atom is 0.343 e. The molecule has 0 unspecified atom stereocenters. The van der Waals surface area contributed by atoms with Crippen LogP contribution in [0.15, 0.2) is 76.2 Å². The molecule has 130 valence electrons. The van der Waals surface area contributed by atoms with Crippen LogP contribution in [0.25, 0.3) is 0 Å². The maximum absolute atomic E-state index is 12.1. The first-order valence-electron chi connectivity index (χ1n) is 7.93. The molecule has 5 heteroatoms. The Kier molecular flexibility index (Phi) is 5.49. The highest BCUT2D eigenvalue weighted by Crippen LogP contribution is 2.27. The third-order valence-electron chi connectivity index (χ3n) is 3.65. The van der Waals surface area contributed by atoms with E-state index in [1.807, 2.05) is 13.0 Å². The molecule has 0 aliphatic heterocycles. The number of nitrogens with zero attached hydrogens (tertiary/aromatic N) is 1. The van der Waals surface area contributed by atoms with Gasteiger partial charge >= 0.3 is 5.97 Å². The fourth-order valence-corrected chi connectivity index (χ4v) is 2.52. The normalized spacial score (nSPS) is 10.8. The molecule has 0 radical (unpaired) electrons. The smallest absolute Gasteiger partial charge is 0.343 e. The molecule has 1 N–H and O–H groups in total. The molecule has 0 atom stereocenters. The van der Waals surface area contributed by atoms with Crippen molar-refractivity contribution in [2.45, 2.75) is 6.92 Å². The molecule has 0 heterocycles. The first kappa shape index (κ1) is 17.9. The van der Waals surface area contributed by atoms with Crippen LogP contribution < -0.4 is 4.74 Å². The lowest BCUT2D eigenvalue weighted by molar-refractivity contribution is 0.0734. The van der Waals surface area contributed by atoms with Crippen molar-refractivity contribution in [2.24, 2.45) is 4.99 Å². The van der Waals surface area contributed by atoms with Crippen LogP contribution in [0.3, 0.4) is 0 Å². The van der Waals surface area contributed by atoms with E-state index in [-0.39, 0.29) is 5.75 Å². The Labute approximate surface area is 159 Å². The second-order valence-electron chi connectivity index (χ2n) is 5.72. The van der Waals surface area contributed by atoms with E-state index in [1.54, 1.807) is 66.9 Å². The number of rotatable bonds is 4. The summed E-state index contributed by atoms with van der Waals surface area (Å²) in [6, 6.07) is 19.2. The SMILES string of the molecule is Cc1ccc(O)c(N=Cc2ccc(OC(=O)c3ccc(Br)cc3)cc2)c1. The zero-order chi connectivity index (χ0) is 18.5. The van der Waals surface area contributed by atoms with Gasteiger partial charge in [-0.25, -0.2) is 4.79 Å². The van der Waals surface area contributed by atoms with Gasteiger partial charge in [0.1, 0.15) is 17.2 Å². The number of benzene rings is 3. The fraction of sp³-hybridized carbons (Fsp3) is 0.0476. The lowest BCUT2D eigenvalue weighted by Crippen LogP contribution is -2.08. The number of aliphatic imine (C=N–C) groups is 1. The number of carbonyl (C=O) groups is 1. The van der Waals surface area contributed by atoms with Gasteiger partial charge in [0.05, 0.1) is 5.56 Å². The summed E-state index contributed by atoms with van der Waals surface area (Å²) in [4.78, 5) is 16.4. The van der Waals surface area contributed by atoms with E-state index in [1.165, 1.54) is 0 Å². The summed E-state index contributed by atoms with van der Waals surface area (Å²) in [7, 11) is 0. The van der Waals surface area contributed by atoms with Crippen LogP contribution in [0.4, 0.5) is 5.69 Å². The first-order chi connectivity index (χ1) is 12.5. The number of hydrogen-bond acceptors (Lipinski definition) is 4. The second-order valence-corrected chi connectivity index (χ2v) is 6.63. The summed E-state index contributed by atoms with van der Waals surface area (Å²) in [5.74, 6) is 0.170. The number of phenols is 1. The Bertz CT molecular complexity index is 948. The fourth-order valence-electron chi connectivity index (χ4n) is 2.25. The Morgan fingerprint density at radius 3 is 2.42 bits per heavy atom. The van der Waals surface area contributed by atoms with Gasteiger partial charge in [-0.15, -0.1) is 0 Å². The van der Waals surface area contributed by atoms with Gasteiger partial charge in [0.15, 0.2) is 0 Å². The number of halogens is 1. The molecule has 0 aliphatic carbocycles. The van der Waals surface area contributed by atoms with Crippen LogP contribution in [0.2, 0.25) is 0 Å². The van der Waals surface area contributed by atoms with Crippen LogP contribution in [-0.4, -0.2) is 17.3 Å². The number of aromatic hydroxyl groups is 1. The average molecular weight is 410 g/mol. The van der Waals surface area contributed by atoms with Gasteiger partial charge < -0.3 is 9.84 Å². The summed E-state index contributed by atoms with van der Waals surface area (Å²) >= 11 is 3.33. The largest absolute Gasteiger partial charge is 0.506 e. The molecule has 3 rings (SSSR count). The Morgan fingerprint density at radius 2 is 1.73 bits per heavy atom. The minimum atomic E-state index is -0.413. The van der Waals surface area contributed by atoms with Gasteiger partial charge in [-0.3, -0.25) is 4.99 Å². The van der Waals surface area contributed by atoms with Crippen LogP contribution in [0.1, 0.15) is 21.5 Å². The summed E-state index contributed by atoms with van der Waals surface area (Å²) in [6.07, 6.45) is 1.65. The van der Waals surface area contributed by atoms with Crippen molar-refractivity contribution in [1.29, 1.82) is 0 Å². The molecule has 26 heavy (non-hydrogen) atoms. The molecule has 3 aromatic rings. The van der Waals surface area contributed by atoms with Crippen LogP contribution in [0, 0.1) is 6.92 Å². The summed E-state index contributed by atoms with van der Waals surface area (Å²) < 4.78 is 6.25. The predicted molar refractivity (Wildman–Crippen MR) is 106 cm³/mol. The molecule has 0 spiro atoms. The van der Waals surface area contributed by atoms with Gasteiger partial charge in [-0.05, 0) is 78.7 Å². The quantitative estimate of drug-likeness (QED) is 0.354. The molecule has 0 aromatic heterocycles. The molecular formula is C21H16BrNO3. The van der Waals surface area contributed by atoms with Crippen LogP contribution >= 0.6 is 15.9 Å². The average Bonchev–Trinajstić information content (AvgIpc) is 2.64. The monoisotopic (exact) mass is 409 g/mol. The molecule has 0 saturated carbocycles. The Hall–Kier alpha value is -2.92. The predicted octanol–water partition coefficient (Wildman–Crippen LogP) is 5.43. The minimum Gasteiger partial charge on any atom is -0.506 e. The van der Waals surface area contributed by atoms with Gasteiger partial charge in [-0.2, -0.15) is 0 Å². The highest BCUT2D eigenvalue weighted by molar-refractivity contribution is 9.10. The van der Waals surface area contributed by atoms with Gasteiger partial charge in [-0.1, -0.05) is 22.0 Å². The number of esters is 1. The molecular weight excluding hydrogens is 394 g/mol. The Morgan fingerprint density at radius 1 is 1.04 bits per heavy atom. The third kappa shape index (κ3) is 4.58. The number of carbonyl (C=O) groups excluding carboxylic acids is 1. The van der Waals surface area contributed by atoms with E-state index < -0.39 is 5.97 Å². The molecule has 0 saturated heterocycles. The zero-order valence-electron chi connectivity index (χ0n) is 14.0. The van der Waals surface area contributed by atoms with Crippen molar-refractivity contribution in [1.82, 2.24) is 0 Å². The van der Waals surface area contributed by atoms with Crippen molar-refractivity contribution in [3.63, 3.8) is 0 Å². The van der Waals surface area contributed by atoms with Crippen molar-refractivity contribution >= 4 is 33.8 Å². The third-order valence-corrected chi connectivity index (χ3v) is 4.18. The van der Waals surface area contributed by atoms with E-state index in [0.29, 0.717) is 17.0 Å². The van der Waals surface area contributed by atoms with Crippen molar-refractivity contribution < 1.29 is 14.6 Å². The summed E-state index contributed by atoms with van der Waals surface area (Å²) in [5.41, 5.74) is 2.84. The molecule has 0 aliphatic rings. The lowest BCUT2D eigenvalue weighted by atomic mass is 10.2. The van der Waals surface area contributed by atoms with E-state index in [9.17, 15) is 9.90 Å². The van der Waals surface area contributed by atoms with Gasteiger partial charge in [0, 0.05) is 10.7 Å². The summed E-state index contributed by atoms with van der Waals surface area (Å²) in [6.45, 7) is 1.94. The first-order valence-corrected chi connectivity index (χ1v) is 8.72. The maximum atomic E-state index is 12.1. The van der Waals surface area contributed by atoms with E-state index >= 15 is 0 Å². The number of aryl methyl sites for hydroxylation is 1. The number of phenolic OH excluding ortho intramolecular Hbond substituents is 1. The lowest BCUT2D eigenvalue weighted by Gasteiger charge is -2.05. The number of hydrogen-bond donors (Lipinski definition) is 1. The molecule has 0 amide bonds. The van der Waals surface area contributed by atoms with Crippen LogP contribution in [-0.2, 0) is 0 Å². The summed E-state index contributed by atoms with van der Waals surface area (Å²) in [5, 5.41) is 9.81. The van der Waals surface area contributed by atoms with E-state index in [4.69, 9.17) is 4.74 Å². The molecule has 4 nitrogen and oxygen atoms in total. The van der Waals surface area contributed by atoms with E-state index in [0.717, 1.165) is 15.6 Å². The minimum absolute atomic E-state index is 0.131. The van der Waals surface area contributed by atoms with E-state index in [2.05, 4.69) is 20.9 Å². The topological polar surface area (TPSA) is 58.9 Å². The van der Waals surface area contributed by atoms with Crippen molar-refractivity contribution in [3.05, 3.63) is 87.9 Å². The number of ether oxygens (including phenoxy) is 1.